The Hall–Kier alpha value is -2.21. The average molecular weight is 301 g/mol. The van der Waals surface area contributed by atoms with Crippen LogP contribution in [0.2, 0.25) is 0 Å². The van der Waals surface area contributed by atoms with Gasteiger partial charge in [-0.15, -0.1) is 11.3 Å². The molecule has 21 heavy (non-hydrogen) atoms. The SMILES string of the molecule is O=C(Nc1ccsc1C(=O)NCC1CC1)c1ccncc1. The lowest BCUT2D eigenvalue weighted by Crippen LogP contribution is -2.26. The van der Waals surface area contributed by atoms with Crippen LogP contribution in [0.25, 0.3) is 0 Å². The van der Waals surface area contributed by atoms with Gasteiger partial charge in [-0.1, -0.05) is 0 Å². The van der Waals surface area contributed by atoms with E-state index in [0.717, 1.165) is 0 Å². The molecule has 1 aliphatic rings. The second-order valence-electron chi connectivity index (χ2n) is 5.01. The number of nitrogens with one attached hydrogen (secondary N) is 2. The van der Waals surface area contributed by atoms with E-state index in [1.165, 1.54) is 24.2 Å². The number of pyridine rings is 1. The van der Waals surface area contributed by atoms with Crippen LogP contribution in [0.5, 0.6) is 0 Å². The highest BCUT2D eigenvalue weighted by Crippen LogP contribution is 2.28. The molecule has 2 aromatic rings. The molecule has 2 heterocycles. The van der Waals surface area contributed by atoms with E-state index in [4.69, 9.17) is 0 Å². The summed E-state index contributed by atoms with van der Waals surface area (Å²) in [4.78, 5) is 28.6. The minimum absolute atomic E-state index is 0.123. The normalized spacial score (nSPS) is 13.7. The van der Waals surface area contributed by atoms with Crippen LogP contribution in [0.1, 0.15) is 32.9 Å². The molecule has 0 aromatic carbocycles. The molecule has 5 nitrogen and oxygen atoms in total. The van der Waals surface area contributed by atoms with E-state index in [-0.39, 0.29) is 11.8 Å². The fraction of sp³-hybridized carbons (Fsp3) is 0.267. The lowest BCUT2D eigenvalue weighted by atomic mass is 10.2. The molecule has 108 valence electrons. The van der Waals surface area contributed by atoms with Crippen molar-refractivity contribution >= 4 is 28.8 Å². The maximum atomic E-state index is 12.1. The lowest BCUT2D eigenvalue weighted by molar-refractivity contribution is 0.0956. The molecule has 0 unspecified atom stereocenters. The van der Waals surface area contributed by atoms with Gasteiger partial charge in [-0.05, 0) is 42.3 Å². The molecule has 1 aliphatic carbocycles. The van der Waals surface area contributed by atoms with Gasteiger partial charge in [0.1, 0.15) is 4.88 Å². The third kappa shape index (κ3) is 3.46. The fourth-order valence-electron chi connectivity index (χ4n) is 1.92. The van der Waals surface area contributed by atoms with Gasteiger partial charge in [0.2, 0.25) is 0 Å². The largest absolute Gasteiger partial charge is 0.351 e. The van der Waals surface area contributed by atoms with Crippen molar-refractivity contribution in [2.45, 2.75) is 12.8 Å². The van der Waals surface area contributed by atoms with Gasteiger partial charge in [0.15, 0.2) is 0 Å². The summed E-state index contributed by atoms with van der Waals surface area (Å²) >= 11 is 1.33. The summed E-state index contributed by atoms with van der Waals surface area (Å²) in [6, 6.07) is 5.01. The summed E-state index contributed by atoms with van der Waals surface area (Å²) in [5.41, 5.74) is 1.07. The first kappa shape index (κ1) is 13.8. The Morgan fingerprint density at radius 1 is 1.19 bits per heavy atom. The molecular formula is C15H15N3O2S. The number of amides is 2. The molecule has 0 saturated heterocycles. The number of rotatable bonds is 5. The number of nitrogens with zero attached hydrogens (tertiary/aromatic N) is 1. The van der Waals surface area contributed by atoms with Crippen LogP contribution >= 0.6 is 11.3 Å². The van der Waals surface area contributed by atoms with Crippen LogP contribution in [0.4, 0.5) is 5.69 Å². The van der Waals surface area contributed by atoms with Gasteiger partial charge in [-0.2, -0.15) is 0 Å². The third-order valence-corrected chi connectivity index (χ3v) is 4.22. The number of thiophene rings is 1. The minimum atomic E-state index is -0.243. The van der Waals surface area contributed by atoms with Crippen molar-refractivity contribution in [1.29, 1.82) is 0 Å². The Bertz CT molecular complexity index is 650. The molecular weight excluding hydrogens is 286 g/mol. The first-order chi connectivity index (χ1) is 10.2. The molecule has 0 aliphatic heterocycles. The first-order valence-corrected chi connectivity index (χ1v) is 7.69. The van der Waals surface area contributed by atoms with E-state index >= 15 is 0 Å². The van der Waals surface area contributed by atoms with Gasteiger partial charge in [0, 0.05) is 24.5 Å². The van der Waals surface area contributed by atoms with Gasteiger partial charge in [-0.3, -0.25) is 14.6 Å². The Morgan fingerprint density at radius 2 is 1.95 bits per heavy atom. The minimum Gasteiger partial charge on any atom is -0.351 e. The second-order valence-corrected chi connectivity index (χ2v) is 5.92. The smallest absolute Gasteiger partial charge is 0.263 e. The molecule has 0 atom stereocenters. The van der Waals surface area contributed by atoms with Crippen LogP contribution in [0.3, 0.4) is 0 Å². The Labute approximate surface area is 126 Å². The van der Waals surface area contributed by atoms with Crippen LogP contribution in [0.15, 0.2) is 36.0 Å². The lowest BCUT2D eigenvalue weighted by Gasteiger charge is -2.07. The molecule has 0 spiro atoms. The second kappa shape index (κ2) is 6.05. The Balaban J connectivity index is 1.67. The van der Waals surface area contributed by atoms with Crippen LogP contribution in [-0.4, -0.2) is 23.3 Å². The average Bonchev–Trinajstić information content (AvgIpc) is 3.23. The van der Waals surface area contributed by atoms with Gasteiger partial charge in [0.05, 0.1) is 5.69 Å². The van der Waals surface area contributed by atoms with Crippen molar-refractivity contribution in [3.63, 3.8) is 0 Å². The van der Waals surface area contributed by atoms with Crippen molar-refractivity contribution in [2.75, 3.05) is 11.9 Å². The number of carbonyl (C=O) groups is 2. The molecule has 0 bridgehead atoms. The Kier molecular flexibility index (Phi) is 3.96. The molecule has 2 amide bonds. The summed E-state index contributed by atoms with van der Waals surface area (Å²) in [6.45, 7) is 0.717. The summed E-state index contributed by atoms with van der Waals surface area (Å²) in [5, 5.41) is 7.48. The van der Waals surface area contributed by atoms with Crippen molar-refractivity contribution in [3.05, 3.63) is 46.4 Å². The summed E-state index contributed by atoms with van der Waals surface area (Å²) < 4.78 is 0. The monoisotopic (exact) mass is 301 g/mol. The highest BCUT2D eigenvalue weighted by atomic mass is 32.1. The van der Waals surface area contributed by atoms with Crippen molar-refractivity contribution in [1.82, 2.24) is 10.3 Å². The fourth-order valence-corrected chi connectivity index (χ4v) is 2.69. The summed E-state index contributed by atoms with van der Waals surface area (Å²) in [6.07, 6.45) is 5.50. The van der Waals surface area contributed by atoms with Gasteiger partial charge in [-0.25, -0.2) is 0 Å². The number of carbonyl (C=O) groups excluding carboxylic acids is 2. The van der Waals surface area contributed by atoms with Gasteiger partial charge < -0.3 is 10.6 Å². The molecule has 1 saturated carbocycles. The highest BCUT2D eigenvalue weighted by molar-refractivity contribution is 7.12. The molecule has 3 rings (SSSR count). The molecule has 2 N–H and O–H groups in total. The van der Waals surface area contributed by atoms with E-state index < -0.39 is 0 Å². The zero-order valence-corrected chi connectivity index (χ0v) is 12.2. The molecule has 1 fully saturated rings. The van der Waals surface area contributed by atoms with Crippen LogP contribution in [-0.2, 0) is 0 Å². The first-order valence-electron chi connectivity index (χ1n) is 6.81. The Morgan fingerprint density at radius 3 is 2.67 bits per heavy atom. The summed E-state index contributed by atoms with van der Waals surface area (Å²) in [5.74, 6) is 0.262. The van der Waals surface area contributed by atoms with Gasteiger partial charge >= 0.3 is 0 Å². The number of anilines is 1. The van der Waals surface area contributed by atoms with Crippen molar-refractivity contribution < 1.29 is 9.59 Å². The predicted octanol–water partition coefficient (Wildman–Crippen LogP) is 2.54. The maximum absolute atomic E-state index is 12.1. The predicted molar refractivity (Wildman–Crippen MR) is 81.6 cm³/mol. The van der Waals surface area contributed by atoms with E-state index in [0.29, 0.717) is 28.6 Å². The third-order valence-electron chi connectivity index (χ3n) is 3.31. The zero-order valence-electron chi connectivity index (χ0n) is 11.3. The van der Waals surface area contributed by atoms with Crippen LogP contribution < -0.4 is 10.6 Å². The maximum Gasteiger partial charge on any atom is 0.263 e. The van der Waals surface area contributed by atoms with Crippen molar-refractivity contribution in [2.24, 2.45) is 5.92 Å². The van der Waals surface area contributed by atoms with Crippen molar-refractivity contribution in [3.8, 4) is 0 Å². The summed E-state index contributed by atoms with van der Waals surface area (Å²) in [7, 11) is 0. The topological polar surface area (TPSA) is 71.1 Å². The zero-order chi connectivity index (χ0) is 14.7. The van der Waals surface area contributed by atoms with E-state index in [9.17, 15) is 9.59 Å². The standard InChI is InChI=1S/C15H15N3O2S/c19-14(11-3-6-16-7-4-11)18-12-5-8-21-13(12)15(20)17-9-10-1-2-10/h3-8,10H,1-2,9H2,(H,17,20)(H,18,19). The molecule has 2 aromatic heterocycles. The van der Waals surface area contributed by atoms with Crippen LogP contribution in [0, 0.1) is 5.92 Å². The quantitative estimate of drug-likeness (QED) is 0.891. The van der Waals surface area contributed by atoms with E-state index in [2.05, 4.69) is 15.6 Å². The van der Waals surface area contributed by atoms with E-state index in [1.807, 2.05) is 0 Å². The molecule has 6 heteroatoms. The molecule has 0 radical (unpaired) electrons. The van der Waals surface area contributed by atoms with E-state index in [1.54, 1.807) is 36.0 Å². The van der Waals surface area contributed by atoms with Gasteiger partial charge in [0.25, 0.3) is 11.8 Å². The number of hydrogen-bond donors (Lipinski definition) is 2. The number of aromatic nitrogens is 1. The highest BCUT2D eigenvalue weighted by Gasteiger charge is 2.23. The number of hydrogen-bond acceptors (Lipinski definition) is 4.